The fourth-order valence-corrected chi connectivity index (χ4v) is 1.09. The fraction of sp³-hybridized carbons (Fsp3) is 0.900. The molecule has 0 spiro atoms. The molecule has 4 nitrogen and oxygen atoms in total. The van der Waals surface area contributed by atoms with Crippen LogP contribution in [0, 0.1) is 0 Å². The first-order chi connectivity index (χ1) is 6.52. The Balaban J connectivity index is 4.28. The first-order valence-electron chi connectivity index (χ1n) is 5.20. The quantitative estimate of drug-likeness (QED) is 0.704. The maximum absolute atomic E-state index is 11.6. The van der Waals surface area contributed by atoms with Crippen LogP contribution in [0.15, 0.2) is 0 Å². The van der Waals surface area contributed by atoms with E-state index in [2.05, 4.69) is 5.32 Å². The zero-order chi connectivity index (χ0) is 11.2. The molecule has 0 aromatic rings. The van der Waals surface area contributed by atoms with Crippen LogP contribution in [0.2, 0.25) is 0 Å². The van der Waals surface area contributed by atoms with Gasteiger partial charge in [0.05, 0.1) is 12.1 Å². The van der Waals surface area contributed by atoms with Crippen LogP contribution in [-0.4, -0.2) is 41.3 Å². The van der Waals surface area contributed by atoms with Crippen LogP contribution in [0.4, 0.5) is 4.79 Å². The van der Waals surface area contributed by atoms with Crippen molar-refractivity contribution in [1.82, 2.24) is 10.2 Å². The van der Waals surface area contributed by atoms with Crippen molar-refractivity contribution >= 4 is 6.03 Å². The first kappa shape index (κ1) is 13.2. The molecule has 0 aliphatic carbocycles. The number of nitrogens with zero attached hydrogens (tertiary/aromatic N) is 1. The van der Waals surface area contributed by atoms with Crippen LogP contribution in [0.3, 0.4) is 0 Å². The van der Waals surface area contributed by atoms with Crippen LogP contribution in [0.5, 0.6) is 0 Å². The van der Waals surface area contributed by atoms with E-state index in [1.807, 2.05) is 27.7 Å². The third-order valence-electron chi connectivity index (χ3n) is 2.59. The fourth-order valence-electron chi connectivity index (χ4n) is 1.09. The van der Waals surface area contributed by atoms with Gasteiger partial charge in [0, 0.05) is 13.1 Å². The number of rotatable bonds is 5. The van der Waals surface area contributed by atoms with Gasteiger partial charge in [0.2, 0.25) is 0 Å². The molecule has 0 rings (SSSR count). The zero-order valence-corrected chi connectivity index (χ0v) is 9.63. The molecule has 0 aliphatic rings. The molecule has 14 heavy (non-hydrogen) atoms. The lowest BCUT2D eigenvalue weighted by Gasteiger charge is -2.30. The van der Waals surface area contributed by atoms with Gasteiger partial charge in [-0.05, 0) is 27.2 Å². The molecule has 2 N–H and O–H groups in total. The van der Waals surface area contributed by atoms with Gasteiger partial charge in [-0.15, -0.1) is 0 Å². The predicted molar refractivity (Wildman–Crippen MR) is 57.2 cm³/mol. The highest BCUT2D eigenvalue weighted by Gasteiger charge is 2.24. The van der Waals surface area contributed by atoms with Gasteiger partial charge in [0.25, 0.3) is 0 Å². The van der Waals surface area contributed by atoms with Crippen molar-refractivity contribution in [1.29, 1.82) is 0 Å². The van der Waals surface area contributed by atoms with Gasteiger partial charge in [-0.1, -0.05) is 6.92 Å². The molecule has 0 aromatic heterocycles. The van der Waals surface area contributed by atoms with Gasteiger partial charge in [0.15, 0.2) is 0 Å². The van der Waals surface area contributed by atoms with Crippen molar-refractivity contribution in [2.24, 2.45) is 0 Å². The van der Waals surface area contributed by atoms with Crippen molar-refractivity contribution in [2.45, 2.75) is 39.7 Å². The first-order valence-corrected chi connectivity index (χ1v) is 5.20. The van der Waals surface area contributed by atoms with Gasteiger partial charge in [-0.3, -0.25) is 0 Å². The number of hydrogen-bond donors (Lipinski definition) is 2. The normalized spacial score (nSPS) is 14.6. The molecule has 0 fully saturated rings. The van der Waals surface area contributed by atoms with E-state index < -0.39 is 5.54 Å². The van der Waals surface area contributed by atoms with E-state index in [0.29, 0.717) is 13.1 Å². The molecule has 0 saturated heterocycles. The lowest BCUT2D eigenvalue weighted by Crippen LogP contribution is -2.53. The maximum atomic E-state index is 11.6. The second kappa shape index (κ2) is 5.86. The highest BCUT2D eigenvalue weighted by Crippen LogP contribution is 2.08. The summed E-state index contributed by atoms with van der Waals surface area (Å²) in [6.07, 6.45) is 0.719. The third-order valence-corrected chi connectivity index (χ3v) is 2.59. The Morgan fingerprint density at radius 1 is 1.36 bits per heavy atom. The van der Waals surface area contributed by atoms with Crippen LogP contribution >= 0.6 is 0 Å². The molecule has 0 saturated carbocycles. The van der Waals surface area contributed by atoms with Crippen LogP contribution < -0.4 is 5.32 Å². The monoisotopic (exact) mass is 202 g/mol. The molecule has 0 radical (unpaired) electrons. The second-order valence-corrected chi connectivity index (χ2v) is 3.67. The minimum absolute atomic E-state index is 0.0312. The molecule has 1 unspecified atom stereocenters. The number of urea groups is 1. The summed E-state index contributed by atoms with van der Waals surface area (Å²) in [4.78, 5) is 13.3. The topological polar surface area (TPSA) is 52.6 Å². The largest absolute Gasteiger partial charge is 0.394 e. The molecule has 0 bridgehead atoms. The van der Waals surface area contributed by atoms with Gasteiger partial charge in [-0.25, -0.2) is 4.79 Å². The van der Waals surface area contributed by atoms with E-state index >= 15 is 0 Å². The SMILES string of the molecule is CCN(CC)C(=O)NC(C)(CC)CO. The summed E-state index contributed by atoms with van der Waals surface area (Å²) >= 11 is 0. The van der Waals surface area contributed by atoms with E-state index in [-0.39, 0.29) is 12.6 Å². The summed E-state index contributed by atoms with van der Waals surface area (Å²) in [5.41, 5.74) is -0.500. The number of carbonyl (C=O) groups excluding carboxylic acids is 1. The van der Waals surface area contributed by atoms with Gasteiger partial charge in [0.1, 0.15) is 0 Å². The second-order valence-electron chi connectivity index (χ2n) is 3.67. The molecule has 84 valence electrons. The Hall–Kier alpha value is -0.770. The number of hydrogen-bond acceptors (Lipinski definition) is 2. The molecule has 4 heteroatoms. The Kier molecular flexibility index (Phi) is 5.53. The Morgan fingerprint density at radius 2 is 1.86 bits per heavy atom. The van der Waals surface area contributed by atoms with Gasteiger partial charge in [-0.2, -0.15) is 0 Å². The van der Waals surface area contributed by atoms with Crippen LogP contribution in [0.1, 0.15) is 34.1 Å². The molecule has 2 amide bonds. The van der Waals surface area contributed by atoms with E-state index in [0.717, 1.165) is 6.42 Å². The van der Waals surface area contributed by atoms with Crippen LogP contribution in [-0.2, 0) is 0 Å². The molecular weight excluding hydrogens is 180 g/mol. The molecule has 0 aromatic carbocycles. The average molecular weight is 202 g/mol. The maximum Gasteiger partial charge on any atom is 0.317 e. The van der Waals surface area contributed by atoms with Gasteiger partial charge < -0.3 is 15.3 Å². The summed E-state index contributed by atoms with van der Waals surface area (Å²) in [6.45, 7) is 9.00. The van der Waals surface area contributed by atoms with E-state index in [1.165, 1.54) is 0 Å². The standard InChI is InChI=1S/C10H22N2O2/c1-5-10(4,8-13)11-9(14)12(6-2)7-3/h13H,5-8H2,1-4H3,(H,11,14). The third kappa shape index (κ3) is 3.54. The molecular formula is C10H22N2O2. The average Bonchev–Trinajstić information content (AvgIpc) is 2.19. The van der Waals surface area contributed by atoms with Crippen LogP contribution in [0.25, 0.3) is 0 Å². The zero-order valence-electron chi connectivity index (χ0n) is 9.63. The lowest BCUT2D eigenvalue weighted by atomic mass is 10.0. The van der Waals surface area contributed by atoms with Crippen molar-refractivity contribution < 1.29 is 9.90 Å². The molecule has 0 heterocycles. The minimum atomic E-state index is -0.500. The smallest absolute Gasteiger partial charge is 0.317 e. The van der Waals surface area contributed by atoms with E-state index in [4.69, 9.17) is 5.11 Å². The van der Waals surface area contributed by atoms with Crippen molar-refractivity contribution in [3.05, 3.63) is 0 Å². The number of nitrogens with one attached hydrogen (secondary N) is 1. The highest BCUT2D eigenvalue weighted by molar-refractivity contribution is 5.74. The predicted octanol–water partition coefficient (Wildman–Crippen LogP) is 1.20. The summed E-state index contributed by atoms with van der Waals surface area (Å²) in [6, 6.07) is -0.103. The molecule has 0 aliphatic heterocycles. The van der Waals surface area contributed by atoms with Crippen molar-refractivity contribution in [2.75, 3.05) is 19.7 Å². The number of aliphatic hydroxyl groups excluding tert-OH is 1. The van der Waals surface area contributed by atoms with E-state index in [9.17, 15) is 4.79 Å². The summed E-state index contributed by atoms with van der Waals surface area (Å²) < 4.78 is 0. The summed E-state index contributed by atoms with van der Waals surface area (Å²) in [5, 5.41) is 12.0. The Morgan fingerprint density at radius 3 is 2.14 bits per heavy atom. The minimum Gasteiger partial charge on any atom is -0.394 e. The Bertz CT molecular complexity index is 175. The van der Waals surface area contributed by atoms with E-state index in [1.54, 1.807) is 4.90 Å². The summed E-state index contributed by atoms with van der Waals surface area (Å²) in [5.74, 6) is 0. The highest BCUT2D eigenvalue weighted by atomic mass is 16.3. The van der Waals surface area contributed by atoms with Crippen molar-refractivity contribution in [3.63, 3.8) is 0 Å². The number of aliphatic hydroxyl groups is 1. The molecule has 1 atom stereocenters. The van der Waals surface area contributed by atoms with Crippen molar-refractivity contribution in [3.8, 4) is 0 Å². The van der Waals surface area contributed by atoms with Gasteiger partial charge >= 0.3 is 6.03 Å². The summed E-state index contributed by atoms with van der Waals surface area (Å²) in [7, 11) is 0. The number of carbonyl (C=O) groups is 1. The number of amides is 2. The Labute approximate surface area is 86.3 Å². The lowest BCUT2D eigenvalue weighted by molar-refractivity contribution is 0.150.